The van der Waals surface area contributed by atoms with E-state index in [-0.39, 0.29) is 24.0 Å². The minimum atomic E-state index is -0.565. The predicted octanol–water partition coefficient (Wildman–Crippen LogP) is 2.98. The van der Waals surface area contributed by atoms with Crippen LogP contribution in [0.4, 0.5) is 0 Å². The van der Waals surface area contributed by atoms with E-state index >= 15 is 0 Å². The van der Waals surface area contributed by atoms with Gasteiger partial charge in [0.05, 0.1) is 12.1 Å². The van der Waals surface area contributed by atoms with Crippen molar-refractivity contribution in [1.82, 2.24) is 4.57 Å². The molecule has 0 bridgehead atoms. The summed E-state index contributed by atoms with van der Waals surface area (Å²) >= 11 is 0. The molecule has 0 radical (unpaired) electrons. The van der Waals surface area contributed by atoms with Gasteiger partial charge in [0.2, 0.25) is 5.78 Å². The fourth-order valence-corrected chi connectivity index (χ4v) is 2.69. The number of aliphatic hydroxyl groups is 1. The van der Waals surface area contributed by atoms with Gasteiger partial charge in [0, 0.05) is 18.8 Å². The van der Waals surface area contributed by atoms with Crippen molar-refractivity contribution in [2.75, 3.05) is 6.61 Å². The average Bonchev–Trinajstić information content (AvgIpc) is 2.98. The maximum atomic E-state index is 12.4. The summed E-state index contributed by atoms with van der Waals surface area (Å²) in [5.74, 6) is -0.953. The highest BCUT2D eigenvalue weighted by molar-refractivity contribution is 6.07. The lowest BCUT2D eigenvalue weighted by Gasteiger charge is -2.19. The lowest BCUT2D eigenvalue weighted by Crippen LogP contribution is -2.24. The van der Waals surface area contributed by atoms with Crippen molar-refractivity contribution in [1.29, 1.82) is 0 Å². The average molecular weight is 383 g/mol. The molecular weight excluding hydrogens is 358 g/mol. The zero-order valence-corrected chi connectivity index (χ0v) is 16.6. The van der Waals surface area contributed by atoms with Crippen LogP contribution in [0.1, 0.15) is 52.7 Å². The monoisotopic (exact) mass is 383 g/mol. The Morgan fingerprint density at radius 1 is 1.18 bits per heavy atom. The van der Waals surface area contributed by atoms with E-state index in [4.69, 9.17) is 9.84 Å². The number of allylic oxidation sites excluding steroid dienone is 1. The number of Topliss-reactive ketones (excluding diaryl/α,β-unsaturated/α-hetero) is 1. The van der Waals surface area contributed by atoms with E-state index in [9.17, 15) is 14.4 Å². The molecule has 2 rings (SSSR count). The van der Waals surface area contributed by atoms with Gasteiger partial charge in [0.15, 0.2) is 5.78 Å². The van der Waals surface area contributed by atoms with Crippen LogP contribution < -0.4 is 0 Å². The first kappa shape index (κ1) is 21.3. The summed E-state index contributed by atoms with van der Waals surface area (Å²) in [4.78, 5) is 36.0. The van der Waals surface area contributed by atoms with Gasteiger partial charge in [-0.3, -0.25) is 14.4 Å². The fourth-order valence-electron chi connectivity index (χ4n) is 2.69. The largest absolute Gasteiger partial charge is 0.460 e. The van der Waals surface area contributed by atoms with Crippen LogP contribution >= 0.6 is 0 Å². The Morgan fingerprint density at radius 2 is 1.89 bits per heavy atom. The Balaban J connectivity index is 2.10. The topological polar surface area (TPSA) is 85.6 Å². The highest BCUT2D eigenvalue weighted by Gasteiger charge is 2.17. The smallest absolute Gasteiger partial charge is 0.310 e. The van der Waals surface area contributed by atoms with Gasteiger partial charge in [-0.15, -0.1) is 0 Å². The Morgan fingerprint density at radius 3 is 2.54 bits per heavy atom. The van der Waals surface area contributed by atoms with Gasteiger partial charge in [-0.2, -0.15) is 0 Å². The number of ether oxygens (including phenoxy) is 1. The zero-order chi connectivity index (χ0) is 20.9. The Bertz CT molecular complexity index is 915. The lowest BCUT2D eigenvalue weighted by atomic mass is 10.0. The predicted molar refractivity (Wildman–Crippen MR) is 106 cm³/mol. The van der Waals surface area contributed by atoms with Crippen molar-refractivity contribution in [2.24, 2.45) is 7.05 Å². The quantitative estimate of drug-likeness (QED) is 0.451. The second-order valence-electron chi connectivity index (χ2n) is 7.51. The standard InChI is InChI=1S/C22H25NO5/c1-22(2,3)28-21(27)12-15-6-5-7-17(10-15)19(25)9-8-16-11-18(20(26)14-24)23(4)13-16/h5-11,13,24H,12,14H2,1-4H3/b9-8+. The third-order valence-electron chi connectivity index (χ3n) is 3.86. The Labute approximate surface area is 164 Å². The van der Waals surface area contributed by atoms with Crippen LogP contribution in [0, 0.1) is 0 Å². The molecule has 148 valence electrons. The molecule has 0 saturated carbocycles. The highest BCUT2D eigenvalue weighted by Crippen LogP contribution is 2.14. The van der Waals surface area contributed by atoms with Gasteiger partial charge in [-0.1, -0.05) is 18.2 Å². The van der Waals surface area contributed by atoms with E-state index in [1.54, 1.807) is 75.0 Å². The summed E-state index contributed by atoms with van der Waals surface area (Å²) in [6, 6.07) is 8.45. The molecule has 1 N–H and O–H groups in total. The number of aromatic nitrogens is 1. The number of hydrogen-bond donors (Lipinski definition) is 1. The van der Waals surface area contributed by atoms with Crippen molar-refractivity contribution < 1.29 is 24.2 Å². The van der Waals surface area contributed by atoms with E-state index in [2.05, 4.69) is 0 Å². The zero-order valence-electron chi connectivity index (χ0n) is 16.6. The second kappa shape index (κ2) is 8.80. The SMILES string of the molecule is Cn1cc(/C=C/C(=O)c2cccc(CC(=O)OC(C)(C)C)c2)cc1C(=O)CO. The first-order valence-corrected chi connectivity index (χ1v) is 8.92. The second-order valence-corrected chi connectivity index (χ2v) is 7.51. The van der Waals surface area contributed by atoms with E-state index in [0.29, 0.717) is 22.4 Å². The van der Waals surface area contributed by atoms with Crippen molar-refractivity contribution in [3.05, 3.63) is 65.0 Å². The molecule has 0 fully saturated rings. The molecule has 0 atom stereocenters. The molecular formula is C22H25NO5. The van der Waals surface area contributed by atoms with Gasteiger partial charge in [0.1, 0.15) is 12.2 Å². The highest BCUT2D eigenvalue weighted by atomic mass is 16.6. The lowest BCUT2D eigenvalue weighted by molar-refractivity contribution is -0.153. The molecule has 2 aromatic rings. The van der Waals surface area contributed by atoms with E-state index < -0.39 is 12.2 Å². The van der Waals surface area contributed by atoms with Crippen molar-refractivity contribution >= 4 is 23.6 Å². The first-order chi connectivity index (χ1) is 13.1. The molecule has 0 aliphatic heterocycles. The maximum Gasteiger partial charge on any atom is 0.310 e. The third kappa shape index (κ3) is 6.03. The number of carbonyl (C=O) groups excluding carboxylic acids is 3. The van der Waals surface area contributed by atoms with Crippen LogP contribution in [-0.4, -0.2) is 39.4 Å². The van der Waals surface area contributed by atoms with Crippen LogP contribution in [0.2, 0.25) is 0 Å². The minimum absolute atomic E-state index is 0.0907. The molecule has 1 heterocycles. The number of hydrogen-bond acceptors (Lipinski definition) is 5. The Hall–Kier alpha value is -2.99. The maximum absolute atomic E-state index is 12.4. The summed E-state index contributed by atoms with van der Waals surface area (Å²) in [6.45, 7) is 4.85. The molecule has 1 aromatic carbocycles. The van der Waals surface area contributed by atoms with Crippen LogP contribution in [0.15, 0.2) is 42.6 Å². The van der Waals surface area contributed by atoms with Crippen LogP contribution in [0.3, 0.4) is 0 Å². The van der Waals surface area contributed by atoms with E-state index in [0.717, 1.165) is 0 Å². The number of aryl methyl sites for hydroxylation is 1. The van der Waals surface area contributed by atoms with Crippen LogP contribution in [0.5, 0.6) is 0 Å². The van der Waals surface area contributed by atoms with Gasteiger partial charge in [-0.05, 0) is 56.2 Å². The Kier molecular flexibility index (Phi) is 6.70. The van der Waals surface area contributed by atoms with Crippen molar-refractivity contribution in [2.45, 2.75) is 32.8 Å². The number of aliphatic hydroxyl groups excluding tert-OH is 1. The molecule has 0 unspecified atom stereocenters. The first-order valence-electron chi connectivity index (χ1n) is 8.92. The molecule has 0 saturated heterocycles. The molecule has 6 heteroatoms. The minimum Gasteiger partial charge on any atom is -0.460 e. The molecule has 28 heavy (non-hydrogen) atoms. The summed E-state index contributed by atoms with van der Waals surface area (Å²) in [5, 5.41) is 8.97. The molecule has 6 nitrogen and oxygen atoms in total. The fraction of sp³-hybridized carbons (Fsp3) is 0.318. The number of carbonyl (C=O) groups is 3. The van der Waals surface area contributed by atoms with E-state index in [1.165, 1.54) is 6.08 Å². The molecule has 1 aromatic heterocycles. The normalized spacial score (nSPS) is 11.6. The molecule has 0 aliphatic carbocycles. The summed E-state index contributed by atoms with van der Waals surface area (Å²) in [5.41, 5.74) is 1.65. The summed E-state index contributed by atoms with van der Waals surface area (Å²) in [6.07, 6.45) is 4.81. The van der Waals surface area contributed by atoms with Gasteiger partial charge in [0.25, 0.3) is 0 Å². The number of nitrogens with zero attached hydrogens (tertiary/aromatic N) is 1. The van der Waals surface area contributed by atoms with Crippen molar-refractivity contribution in [3.8, 4) is 0 Å². The van der Waals surface area contributed by atoms with E-state index in [1.807, 2.05) is 0 Å². The van der Waals surface area contributed by atoms with Gasteiger partial charge in [-0.25, -0.2) is 0 Å². The van der Waals surface area contributed by atoms with Crippen LogP contribution in [0.25, 0.3) is 6.08 Å². The number of ketones is 2. The summed E-state index contributed by atoms with van der Waals surface area (Å²) in [7, 11) is 1.70. The number of benzene rings is 1. The van der Waals surface area contributed by atoms with Gasteiger partial charge < -0.3 is 14.4 Å². The molecule has 0 aliphatic rings. The molecule has 0 spiro atoms. The molecule has 0 amide bonds. The van der Waals surface area contributed by atoms with Gasteiger partial charge >= 0.3 is 5.97 Å². The number of esters is 1. The van der Waals surface area contributed by atoms with Crippen molar-refractivity contribution in [3.63, 3.8) is 0 Å². The number of rotatable bonds is 7. The third-order valence-corrected chi connectivity index (χ3v) is 3.86. The summed E-state index contributed by atoms with van der Waals surface area (Å²) < 4.78 is 6.91. The van der Waals surface area contributed by atoms with Crippen LogP contribution in [-0.2, 0) is 23.0 Å².